The van der Waals surface area contributed by atoms with E-state index in [0.717, 1.165) is 24.4 Å². The van der Waals surface area contributed by atoms with Gasteiger partial charge in [0.05, 0.1) is 12.3 Å². The van der Waals surface area contributed by atoms with Gasteiger partial charge in [0.25, 0.3) is 0 Å². The van der Waals surface area contributed by atoms with Gasteiger partial charge in [0, 0.05) is 16.0 Å². The number of hydrogen-bond acceptors (Lipinski definition) is 3. The number of furan rings is 1. The van der Waals surface area contributed by atoms with Gasteiger partial charge in [0.1, 0.15) is 11.5 Å². The number of rotatable bonds is 4. The lowest BCUT2D eigenvalue weighted by Crippen LogP contribution is -2.19. The van der Waals surface area contributed by atoms with Gasteiger partial charge in [0.15, 0.2) is 0 Å². The van der Waals surface area contributed by atoms with Gasteiger partial charge in [-0.05, 0) is 25.0 Å². The number of hydrogen-bond donors (Lipinski definition) is 1. The van der Waals surface area contributed by atoms with Crippen molar-refractivity contribution in [1.29, 1.82) is 0 Å². The maximum Gasteiger partial charge on any atom is 0.117 e. The average Bonchev–Trinajstić information content (AvgIpc) is 2.78. The van der Waals surface area contributed by atoms with Crippen LogP contribution in [0.5, 0.6) is 0 Å². The third kappa shape index (κ3) is 2.95. The Balaban J connectivity index is 1.90. The summed E-state index contributed by atoms with van der Waals surface area (Å²) < 4.78 is 17.6. The first-order valence-corrected chi connectivity index (χ1v) is 7.32. The van der Waals surface area contributed by atoms with Crippen molar-refractivity contribution in [3.8, 4) is 0 Å². The Kier molecular flexibility index (Phi) is 4.18. The molecule has 1 aliphatic rings. The predicted molar refractivity (Wildman–Crippen MR) is 65.3 cm³/mol. The molecule has 0 aromatic carbocycles. The van der Waals surface area contributed by atoms with Crippen LogP contribution in [-0.2, 0) is 23.1 Å². The van der Waals surface area contributed by atoms with Crippen LogP contribution in [0.2, 0.25) is 0 Å². The summed E-state index contributed by atoms with van der Waals surface area (Å²) >= 11 is 0. The Morgan fingerprint density at radius 2 is 1.94 bits per heavy atom. The summed E-state index contributed by atoms with van der Waals surface area (Å²) in [4.78, 5) is 0. The molecular weight excluding hydrogens is 222 g/mol. The Bertz CT molecular complexity index is 356. The zero-order chi connectivity index (χ0) is 11.4. The van der Waals surface area contributed by atoms with Crippen molar-refractivity contribution in [2.24, 2.45) is 5.73 Å². The van der Waals surface area contributed by atoms with E-state index in [1.165, 1.54) is 19.3 Å². The smallest absolute Gasteiger partial charge is 0.117 e. The second-order valence-electron chi connectivity index (χ2n) is 4.36. The van der Waals surface area contributed by atoms with Gasteiger partial charge in [-0.3, -0.25) is 4.21 Å². The second-order valence-corrected chi connectivity index (χ2v) is 6.07. The summed E-state index contributed by atoms with van der Waals surface area (Å²) in [6.07, 6.45) is 5.96. The highest BCUT2D eigenvalue weighted by Gasteiger charge is 2.20. The molecule has 0 aliphatic heterocycles. The molecule has 0 saturated heterocycles. The Labute approximate surface area is 98.9 Å². The molecule has 16 heavy (non-hydrogen) atoms. The maximum absolute atomic E-state index is 12.1. The molecule has 1 saturated carbocycles. The molecular formula is C12H19NO2S. The van der Waals surface area contributed by atoms with Crippen molar-refractivity contribution in [3.63, 3.8) is 0 Å². The number of nitrogens with two attached hydrogens (primary N) is 1. The fourth-order valence-corrected chi connectivity index (χ4v) is 3.73. The summed E-state index contributed by atoms with van der Waals surface area (Å²) in [6, 6.07) is 3.76. The molecule has 0 spiro atoms. The van der Waals surface area contributed by atoms with Gasteiger partial charge >= 0.3 is 0 Å². The van der Waals surface area contributed by atoms with Crippen molar-refractivity contribution in [1.82, 2.24) is 0 Å². The lowest BCUT2D eigenvalue weighted by Gasteiger charge is -2.20. The van der Waals surface area contributed by atoms with Gasteiger partial charge in [0.2, 0.25) is 0 Å². The first kappa shape index (κ1) is 11.9. The first-order chi connectivity index (χ1) is 7.79. The van der Waals surface area contributed by atoms with E-state index in [1.54, 1.807) is 0 Å². The molecule has 1 heterocycles. The van der Waals surface area contributed by atoms with Crippen LogP contribution >= 0.6 is 0 Å². The van der Waals surface area contributed by atoms with E-state index in [0.29, 0.717) is 17.5 Å². The van der Waals surface area contributed by atoms with Gasteiger partial charge in [-0.25, -0.2) is 0 Å². The molecule has 0 bridgehead atoms. The molecule has 1 aliphatic carbocycles. The summed E-state index contributed by atoms with van der Waals surface area (Å²) in [5.74, 6) is 2.13. The first-order valence-electron chi connectivity index (χ1n) is 5.94. The van der Waals surface area contributed by atoms with E-state index in [4.69, 9.17) is 10.2 Å². The molecule has 1 aromatic rings. The van der Waals surface area contributed by atoms with Crippen LogP contribution in [0.4, 0.5) is 0 Å². The zero-order valence-corrected chi connectivity index (χ0v) is 10.3. The van der Waals surface area contributed by atoms with E-state index < -0.39 is 10.8 Å². The van der Waals surface area contributed by atoms with Crippen LogP contribution in [0.25, 0.3) is 0 Å². The second kappa shape index (κ2) is 5.64. The van der Waals surface area contributed by atoms with Gasteiger partial charge in [-0.15, -0.1) is 0 Å². The van der Waals surface area contributed by atoms with E-state index >= 15 is 0 Å². The fraction of sp³-hybridized carbons (Fsp3) is 0.667. The zero-order valence-electron chi connectivity index (χ0n) is 9.48. The molecule has 3 nitrogen and oxygen atoms in total. The maximum atomic E-state index is 12.1. The van der Waals surface area contributed by atoms with Crippen LogP contribution in [0.3, 0.4) is 0 Å². The summed E-state index contributed by atoms with van der Waals surface area (Å²) in [7, 11) is -0.781. The monoisotopic (exact) mass is 241 g/mol. The minimum absolute atomic E-state index is 0.375. The minimum atomic E-state index is -0.781. The standard InChI is InChI=1S/C12H19NO2S/c13-8-10-6-7-11(15-10)9-16(14)12-4-2-1-3-5-12/h6-7,12H,1-5,8-9,13H2. The molecule has 4 heteroatoms. The van der Waals surface area contributed by atoms with Crippen molar-refractivity contribution < 1.29 is 8.63 Å². The van der Waals surface area contributed by atoms with Crippen LogP contribution < -0.4 is 5.73 Å². The minimum Gasteiger partial charge on any atom is -0.464 e. The molecule has 0 radical (unpaired) electrons. The third-order valence-corrected chi connectivity index (χ3v) is 4.91. The van der Waals surface area contributed by atoms with E-state index in [-0.39, 0.29) is 0 Å². The SMILES string of the molecule is NCc1ccc(CS(=O)C2CCCCC2)o1. The Morgan fingerprint density at radius 1 is 1.25 bits per heavy atom. The van der Waals surface area contributed by atoms with Crippen molar-refractivity contribution in [2.75, 3.05) is 0 Å². The third-order valence-electron chi connectivity index (χ3n) is 3.13. The molecule has 1 fully saturated rings. The molecule has 90 valence electrons. The van der Waals surface area contributed by atoms with E-state index in [9.17, 15) is 4.21 Å². The predicted octanol–water partition coefficient (Wildman–Crippen LogP) is 2.32. The lowest BCUT2D eigenvalue weighted by molar-refractivity contribution is 0.476. The van der Waals surface area contributed by atoms with Gasteiger partial charge in [-0.2, -0.15) is 0 Å². The molecule has 0 amide bonds. The van der Waals surface area contributed by atoms with Crippen molar-refractivity contribution >= 4 is 10.8 Å². The lowest BCUT2D eigenvalue weighted by atomic mass is 10.0. The largest absolute Gasteiger partial charge is 0.464 e. The Hall–Kier alpha value is -0.610. The van der Waals surface area contributed by atoms with Gasteiger partial charge in [-0.1, -0.05) is 19.3 Å². The normalized spacial score (nSPS) is 19.8. The van der Waals surface area contributed by atoms with Gasteiger partial charge < -0.3 is 10.2 Å². The molecule has 1 aromatic heterocycles. The average molecular weight is 241 g/mol. The topological polar surface area (TPSA) is 56.2 Å². The van der Waals surface area contributed by atoms with Crippen molar-refractivity contribution in [2.45, 2.75) is 49.7 Å². The van der Waals surface area contributed by atoms with Crippen molar-refractivity contribution in [3.05, 3.63) is 23.7 Å². The molecule has 2 rings (SSSR count). The highest BCUT2D eigenvalue weighted by atomic mass is 32.2. The Morgan fingerprint density at radius 3 is 2.56 bits per heavy atom. The van der Waals surface area contributed by atoms with Crippen LogP contribution in [0.1, 0.15) is 43.6 Å². The van der Waals surface area contributed by atoms with Crippen LogP contribution in [-0.4, -0.2) is 9.46 Å². The molecule has 2 N–H and O–H groups in total. The summed E-state index contributed by atoms with van der Waals surface area (Å²) in [5.41, 5.74) is 5.47. The molecule has 1 atom stereocenters. The highest BCUT2D eigenvalue weighted by Crippen LogP contribution is 2.24. The summed E-state index contributed by atoms with van der Waals surface area (Å²) in [5, 5.41) is 0.375. The quantitative estimate of drug-likeness (QED) is 0.880. The fourth-order valence-electron chi connectivity index (χ4n) is 2.20. The molecule has 1 unspecified atom stereocenters. The van der Waals surface area contributed by atoms with E-state index in [2.05, 4.69) is 0 Å². The van der Waals surface area contributed by atoms with E-state index in [1.807, 2.05) is 12.1 Å². The summed E-state index contributed by atoms with van der Waals surface area (Å²) in [6.45, 7) is 0.413. The van der Waals surface area contributed by atoms with Crippen LogP contribution in [0.15, 0.2) is 16.5 Å². The highest BCUT2D eigenvalue weighted by molar-refractivity contribution is 7.84. The van der Waals surface area contributed by atoms with Crippen LogP contribution in [0, 0.1) is 0 Å².